The van der Waals surface area contributed by atoms with E-state index in [4.69, 9.17) is 0 Å². The summed E-state index contributed by atoms with van der Waals surface area (Å²) in [5, 5.41) is 8.60. The van der Waals surface area contributed by atoms with E-state index in [0.29, 0.717) is 0 Å². The number of hydrogen-bond donors (Lipinski definition) is 2. The normalized spacial score (nSPS) is 12.1. The number of hydrogen-bond acceptors (Lipinski definition) is 6. The van der Waals surface area contributed by atoms with Crippen LogP contribution in [-0.4, -0.2) is 33.7 Å². The molecule has 0 fully saturated rings. The van der Waals surface area contributed by atoms with Gasteiger partial charge in [-0.1, -0.05) is 18.7 Å². The Morgan fingerprint density at radius 2 is 2.24 bits per heavy atom. The number of nitrogens with zero attached hydrogens (tertiary/aromatic N) is 2. The summed E-state index contributed by atoms with van der Waals surface area (Å²) in [5.41, 5.74) is 0. The van der Waals surface area contributed by atoms with Crippen molar-refractivity contribution in [3.8, 4) is 0 Å². The molecule has 112 valence electrons. The van der Waals surface area contributed by atoms with Crippen LogP contribution in [0.1, 0.15) is 20.3 Å². The first-order valence-corrected chi connectivity index (χ1v) is 8.38. The van der Waals surface area contributed by atoms with Gasteiger partial charge in [-0.25, -0.2) is 14.8 Å². The topological polar surface area (TPSA) is 84.0 Å². The highest BCUT2D eigenvalue weighted by atomic mass is 32.2. The summed E-state index contributed by atoms with van der Waals surface area (Å²) < 4.78 is 0. The molecule has 0 spiro atoms. The number of carbonyl (C=O) groups is 2. The van der Waals surface area contributed by atoms with Gasteiger partial charge in [-0.3, -0.25) is 10.1 Å². The summed E-state index contributed by atoms with van der Waals surface area (Å²) in [4.78, 5) is 32.5. The lowest BCUT2D eigenvalue weighted by molar-refractivity contribution is -0.117. The van der Waals surface area contributed by atoms with E-state index in [1.165, 1.54) is 29.4 Å². The van der Waals surface area contributed by atoms with Gasteiger partial charge in [0.1, 0.15) is 16.2 Å². The second-order valence-corrected chi connectivity index (χ2v) is 6.30. The van der Waals surface area contributed by atoms with Gasteiger partial charge in [-0.2, -0.15) is 0 Å². The number of fused-ring (bicyclic) bond motifs is 1. The van der Waals surface area contributed by atoms with Crippen LogP contribution in [0.25, 0.3) is 10.2 Å². The highest BCUT2D eigenvalue weighted by molar-refractivity contribution is 8.00. The summed E-state index contributed by atoms with van der Waals surface area (Å²) in [6.45, 7) is 3.84. The predicted molar refractivity (Wildman–Crippen MR) is 84.6 cm³/mol. The van der Waals surface area contributed by atoms with Crippen molar-refractivity contribution >= 4 is 45.3 Å². The Balaban J connectivity index is 1.87. The fourth-order valence-electron chi connectivity index (χ4n) is 1.54. The first-order chi connectivity index (χ1) is 10.1. The average molecular weight is 324 g/mol. The van der Waals surface area contributed by atoms with Gasteiger partial charge in [-0.15, -0.1) is 11.3 Å². The van der Waals surface area contributed by atoms with Crippen molar-refractivity contribution in [2.75, 3.05) is 5.75 Å². The maximum absolute atomic E-state index is 11.7. The number of urea groups is 1. The molecule has 2 aromatic heterocycles. The zero-order valence-electron chi connectivity index (χ0n) is 11.8. The standard InChI is InChI=1S/C13H16N4O2S2/c1-3-8(2)16-13(19)17-10(18)6-21-12-9-4-5-20-11(9)14-7-15-12/h4-5,7-8H,3,6H2,1-2H3,(H2,16,17,18,19)/t8-/m1/s1. The lowest BCUT2D eigenvalue weighted by atomic mass is 10.3. The quantitative estimate of drug-likeness (QED) is 0.652. The maximum Gasteiger partial charge on any atom is 0.321 e. The van der Waals surface area contributed by atoms with E-state index >= 15 is 0 Å². The lowest BCUT2D eigenvalue weighted by Crippen LogP contribution is -2.43. The molecule has 0 aromatic carbocycles. The number of nitrogens with one attached hydrogen (secondary N) is 2. The molecule has 0 aliphatic heterocycles. The van der Waals surface area contributed by atoms with Gasteiger partial charge < -0.3 is 5.32 Å². The highest BCUT2D eigenvalue weighted by Crippen LogP contribution is 2.27. The maximum atomic E-state index is 11.7. The molecule has 0 bridgehead atoms. The minimum Gasteiger partial charge on any atom is -0.335 e. The average Bonchev–Trinajstić information content (AvgIpc) is 2.93. The Morgan fingerprint density at radius 3 is 3.00 bits per heavy atom. The van der Waals surface area contributed by atoms with Crippen LogP contribution < -0.4 is 10.6 Å². The molecule has 21 heavy (non-hydrogen) atoms. The van der Waals surface area contributed by atoms with Gasteiger partial charge in [0, 0.05) is 11.4 Å². The number of amides is 3. The Morgan fingerprint density at radius 1 is 1.43 bits per heavy atom. The zero-order valence-corrected chi connectivity index (χ0v) is 13.4. The summed E-state index contributed by atoms with van der Waals surface area (Å²) >= 11 is 2.82. The van der Waals surface area contributed by atoms with Crippen molar-refractivity contribution in [3.05, 3.63) is 17.8 Å². The van der Waals surface area contributed by atoms with Crippen LogP contribution in [0.4, 0.5) is 4.79 Å². The van der Waals surface area contributed by atoms with E-state index in [-0.39, 0.29) is 17.7 Å². The van der Waals surface area contributed by atoms with Crippen LogP contribution in [0.3, 0.4) is 0 Å². The second-order valence-electron chi connectivity index (χ2n) is 4.44. The number of carbonyl (C=O) groups excluding carboxylic acids is 2. The lowest BCUT2D eigenvalue weighted by Gasteiger charge is -2.11. The monoisotopic (exact) mass is 324 g/mol. The SMILES string of the molecule is CC[C@@H](C)NC(=O)NC(=O)CSc1ncnc2sccc12. The molecule has 8 heteroatoms. The van der Waals surface area contributed by atoms with E-state index in [9.17, 15) is 9.59 Å². The van der Waals surface area contributed by atoms with E-state index in [2.05, 4.69) is 20.6 Å². The number of rotatable bonds is 5. The summed E-state index contributed by atoms with van der Waals surface area (Å²) in [5.74, 6) is -0.210. The third-order valence-corrected chi connectivity index (χ3v) is 4.63. The van der Waals surface area contributed by atoms with Gasteiger partial charge >= 0.3 is 6.03 Å². The number of aromatic nitrogens is 2. The van der Waals surface area contributed by atoms with E-state index in [1.807, 2.05) is 25.3 Å². The zero-order chi connectivity index (χ0) is 15.2. The van der Waals surface area contributed by atoms with Crippen molar-refractivity contribution in [2.24, 2.45) is 0 Å². The van der Waals surface area contributed by atoms with Crippen molar-refractivity contribution < 1.29 is 9.59 Å². The highest BCUT2D eigenvalue weighted by Gasteiger charge is 2.12. The first-order valence-electron chi connectivity index (χ1n) is 6.51. The van der Waals surface area contributed by atoms with Crippen LogP contribution in [0, 0.1) is 0 Å². The van der Waals surface area contributed by atoms with Crippen LogP contribution in [0.2, 0.25) is 0 Å². The number of imide groups is 1. The Hall–Kier alpha value is -1.67. The number of thiophene rings is 1. The first kappa shape index (κ1) is 15.7. The molecule has 6 nitrogen and oxygen atoms in total. The molecule has 0 saturated carbocycles. The van der Waals surface area contributed by atoms with E-state index < -0.39 is 6.03 Å². The van der Waals surface area contributed by atoms with Gasteiger partial charge in [0.2, 0.25) is 5.91 Å². The minimum atomic E-state index is -0.460. The molecule has 2 rings (SSSR count). The molecule has 2 heterocycles. The Labute approximate surface area is 130 Å². The third-order valence-electron chi connectivity index (χ3n) is 2.81. The third kappa shape index (κ3) is 4.40. The smallest absolute Gasteiger partial charge is 0.321 e. The number of thioether (sulfide) groups is 1. The fraction of sp³-hybridized carbons (Fsp3) is 0.385. The fourth-order valence-corrected chi connectivity index (χ4v) is 3.12. The summed E-state index contributed by atoms with van der Waals surface area (Å²) in [7, 11) is 0. The van der Waals surface area contributed by atoms with E-state index in [1.54, 1.807) is 0 Å². The Bertz CT molecular complexity index is 644. The van der Waals surface area contributed by atoms with Gasteiger partial charge in [0.25, 0.3) is 0 Å². The van der Waals surface area contributed by atoms with Crippen molar-refractivity contribution in [2.45, 2.75) is 31.3 Å². The minimum absolute atomic E-state index is 0.0396. The van der Waals surface area contributed by atoms with Crippen LogP contribution >= 0.6 is 23.1 Å². The molecule has 0 saturated heterocycles. The van der Waals surface area contributed by atoms with Crippen molar-refractivity contribution in [1.29, 1.82) is 0 Å². The molecule has 0 aliphatic carbocycles. The van der Waals surface area contributed by atoms with Crippen molar-refractivity contribution in [1.82, 2.24) is 20.6 Å². The largest absolute Gasteiger partial charge is 0.335 e. The molecule has 1 atom stereocenters. The molecule has 0 unspecified atom stereocenters. The molecule has 2 N–H and O–H groups in total. The molecular formula is C13H16N4O2S2. The van der Waals surface area contributed by atoms with Crippen LogP contribution in [0.15, 0.2) is 22.8 Å². The summed E-state index contributed by atoms with van der Waals surface area (Å²) in [6, 6.07) is 1.51. The molecule has 0 aliphatic rings. The molecule has 0 radical (unpaired) electrons. The second kappa shape index (κ2) is 7.37. The van der Waals surface area contributed by atoms with Gasteiger partial charge in [0.05, 0.1) is 5.75 Å². The van der Waals surface area contributed by atoms with Crippen molar-refractivity contribution in [3.63, 3.8) is 0 Å². The van der Waals surface area contributed by atoms with Gasteiger partial charge in [-0.05, 0) is 24.8 Å². The molecule has 3 amide bonds. The van der Waals surface area contributed by atoms with Gasteiger partial charge in [0.15, 0.2) is 0 Å². The van der Waals surface area contributed by atoms with Crippen LogP contribution in [-0.2, 0) is 4.79 Å². The molecule has 2 aromatic rings. The van der Waals surface area contributed by atoms with Crippen LogP contribution in [0.5, 0.6) is 0 Å². The Kier molecular flexibility index (Phi) is 5.51. The summed E-state index contributed by atoms with van der Waals surface area (Å²) in [6.07, 6.45) is 2.29. The molecular weight excluding hydrogens is 308 g/mol. The van der Waals surface area contributed by atoms with E-state index in [0.717, 1.165) is 21.7 Å². The predicted octanol–water partition coefficient (Wildman–Crippen LogP) is 2.41.